The molecule has 7 nitrogen and oxygen atoms in total. The zero-order chi connectivity index (χ0) is 18.8. The first kappa shape index (κ1) is 19.8. The van der Waals surface area contributed by atoms with Crippen LogP contribution < -0.4 is 15.5 Å². The lowest BCUT2D eigenvalue weighted by atomic mass is 10.2. The lowest BCUT2D eigenvalue weighted by Crippen LogP contribution is -2.40. The zero-order valence-electron chi connectivity index (χ0n) is 16.3. The Morgan fingerprint density at radius 2 is 2.00 bits per heavy atom. The molecule has 7 heteroatoms. The van der Waals surface area contributed by atoms with Gasteiger partial charge in [-0.15, -0.1) is 10.2 Å². The van der Waals surface area contributed by atoms with Gasteiger partial charge < -0.3 is 20.1 Å². The molecule has 0 amide bonds. The van der Waals surface area contributed by atoms with Gasteiger partial charge in [-0.05, 0) is 26.0 Å². The van der Waals surface area contributed by atoms with Crippen molar-refractivity contribution in [1.82, 2.24) is 25.4 Å². The summed E-state index contributed by atoms with van der Waals surface area (Å²) in [6.07, 6.45) is 2.67. The summed E-state index contributed by atoms with van der Waals surface area (Å²) in [5.74, 6) is 1.85. The summed E-state index contributed by atoms with van der Waals surface area (Å²) in [6.45, 7) is 9.50. The fourth-order valence-electron chi connectivity index (χ4n) is 2.64. The standard InChI is InChI=1S/C19H31N7/c1-5-18-24-23-15-26(18)13-12-21-19(20-6-2)22-14-16(3)25(4)17-10-8-7-9-11-17/h7-11,15-16H,5-6,12-14H2,1-4H3,(H2,20,21,22). The largest absolute Gasteiger partial charge is 0.370 e. The van der Waals surface area contributed by atoms with Crippen LogP contribution in [0.5, 0.6) is 0 Å². The fourth-order valence-corrected chi connectivity index (χ4v) is 2.64. The Kier molecular flexibility index (Phi) is 7.92. The van der Waals surface area contributed by atoms with Gasteiger partial charge in [0, 0.05) is 44.8 Å². The third-order valence-corrected chi connectivity index (χ3v) is 4.34. The maximum Gasteiger partial charge on any atom is 0.191 e. The van der Waals surface area contributed by atoms with E-state index in [2.05, 4.69) is 82.4 Å². The zero-order valence-corrected chi connectivity index (χ0v) is 16.3. The Hall–Kier alpha value is -2.57. The van der Waals surface area contributed by atoms with E-state index in [4.69, 9.17) is 4.99 Å². The molecular weight excluding hydrogens is 326 g/mol. The quantitative estimate of drug-likeness (QED) is 0.530. The summed E-state index contributed by atoms with van der Waals surface area (Å²) in [5, 5.41) is 14.8. The van der Waals surface area contributed by atoms with Crippen LogP contribution in [0.15, 0.2) is 41.7 Å². The van der Waals surface area contributed by atoms with Gasteiger partial charge in [0.25, 0.3) is 0 Å². The third kappa shape index (κ3) is 5.75. The molecule has 0 bridgehead atoms. The molecular formula is C19H31N7. The summed E-state index contributed by atoms with van der Waals surface area (Å²) in [5.41, 5.74) is 1.20. The highest BCUT2D eigenvalue weighted by Gasteiger charge is 2.09. The molecule has 0 spiro atoms. The first-order valence-electron chi connectivity index (χ1n) is 9.32. The molecule has 142 valence electrons. The Morgan fingerprint density at radius 1 is 1.23 bits per heavy atom. The van der Waals surface area contributed by atoms with Gasteiger partial charge in [-0.1, -0.05) is 25.1 Å². The van der Waals surface area contributed by atoms with Gasteiger partial charge in [0.05, 0.1) is 6.54 Å². The van der Waals surface area contributed by atoms with E-state index in [1.807, 2.05) is 6.07 Å². The second-order valence-electron chi connectivity index (χ2n) is 6.24. The number of nitrogens with one attached hydrogen (secondary N) is 2. The van der Waals surface area contributed by atoms with Crippen molar-refractivity contribution in [2.45, 2.75) is 39.8 Å². The van der Waals surface area contributed by atoms with E-state index in [0.717, 1.165) is 37.8 Å². The van der Waals surface area contributed by atoms with E-state index in [-0.39, 0.29) is 0 Å². The van der Waals surface area contributed by atoms with Crippen molar-refractivity contribution in [2.24, 2.45) is 4.99 Å². The van der Waals surface area contributed by atoms with Crippen molar-refractivity contribution >= 4 is 11.6 Å². The van der Waals surface area contributed by atoms with Crippen LogP contribution in [0.3, 0.4) is 0 Å². The molecule has 0 aliphatic carbocycles. The van der Waals surface area contributed by atoms with E-state index < -0.39 is 0 Å². The highest BCUT2D eigenvalue weighted by Crippen LogP contribution is 2.14. The van der Waals surface area contributed by atoms with Crippen LogP contribution in [0, 0.1) is 0 Å². The molecule has 1 unspecified atom stereocenters. The topological polar surface area (TPSA) is 70.4 Å². The fraction of sp³-hybridized carbons (Fsp3) is 0.526. The number of aryl methyl sites for hydroxylation is 1. The highest BCUT2D eigenvalue weighted by molar-refractivity contribution is 5.79. The average molecular weight is 358 g/mol. The molecule has 2 rings (SSSR count). The Morgan fingerprint density at radius 3 is 2.69 bits per heavy atom. The summed E-state index contributed by atoms with van der Waals surface area (Å²) in [7, 11) is 2.11. The number of benzene rings is 1. The molecule has 1 atom stereocenters. The van der Waals surface area contributed by atoms with Crippen LogP contribution in [0.4, 0.5) is 5.69 Å². The number of guanidine groups is 1. The number of hydrogen-bond acceptors (Lipinski definition) is 4. The van der Waals surface area contributed by atoms with Crippen molar-refractivity contribution in [1.29, 1.82) is 0 Å². The molecule has 2 N–H and O–H groups in total. The molecule has 0 aliphatic rings. The molecule has 0 radical (unpaired) electrons. The summed E-state index contributed by atoms with van der Waals surface area (Å²) < 4.78 is 2.07. The monoisotopic (exact) mass is 357 g/mol. The lowest BCUT2D eigenvalue weighted by molar-refractivity contribution is 0.629. The Labute approximate surface area is 156 Å². The molecule has 1 aromatic carbocycles. The smallest absolute Gasteiger partial charge is 0.191 e. The van der Waals surface area contributed by atoms with Gasteiger partial charge in [-0.3, -0.25) is 4.99 Å². The second kappa shape index (κ2) is 10.4. The number of aliphatic imine (C=N–C) groups is 1. The van der Waals surface area contributed by atoms with E-state index in [1.165, 1.54) is 5.69 Å². The number of aromatic nitrogens is 3. The van der Waals surface area contributed by atoms with Gasteiger partial charge in [0.1, 0.15) is 12.2 Å². The number of hydrogen-bond donors (Lipinski definition) is 2. The molecule has 2 aromatic rings. The normalized spacial score (nSPS) is 12.7. The predicted octanol–water partition coefficient (Wildman–Crippen LogP) is 1.92. The molecule has 1 aromatic heterocycles. The maximum atomic E-state index is 4.73. The number of rotatable bonds is 9. The molecule has 0 fully saturated rings. The van der Waals surface area contributed by atoms with Gasteiger partial charge in [0.2, 0.25) is 0 Å². The van der Waals surface area contributed by atoms with E-state index in [9.17, 15) is 0 Å². The Balaban J connectivity index is 1.87. The third-order valence-electron chi connectivity index (χ3n) is 4.34. The summed E-state index contributed by atoms with van der Waals surface area (Å²) in [6, 6.07) is 10.7. The molecule has 1 heterocycles. The van der Waals surface area contributed by atoms with Crippen LogP contribution in [0.1, 0.15) is 26.6 Å². The van der Waals surface area contributed by atoms with E-state index >= 15 is 0 Å². The molecule has 0 saturated heterocycles. The van der Waals surface area contributed by atoms with Crippen molar-refractivity contribution in [2.75, 3.05) is 31.6 Å². The van der Waals surface area contributed by atoms with Gasteiger partial charge in [-0.2, -0.15) is 0 Å². The first-order valence-corrected chi connectivity index (χ1v) is 9.32. The number of likely N-dealkylation sites (N-methyl/N-ethyl adjacent to an activating group) is 1. The van der Waals surface area contributed by atoms with E-state index in [0.29, 0.717) is 12.6 Å². The van der Waals surface area contributed by atoms with Gasteiger partial charge in [0.15, 0.2) is 5.96 Å². The van der Waals surface area contributed by atoms with Crippen molar-refractivity contribution in [3.05, 3.63) is 42.5 Å². The van der Waals surface area contributed by atoms with Crippen LogP contribution in [-0.4, -0.2) is 53.4 Å². The van der Waals surface area contributed by atoms with Gasteiger partial charge in [-0.25, -0.2) is 0 Å². The summed E-state index contributed by atoms with van der Waals surface area (Å²) in [4.78, 5) is 6.98. The number of para-hydroxylation sites is 1. The lowest BCUT2D eigenvalue weighted by Gasteiger charge is -2.26. The minimum atomic E-state index is 0.303. The highest BCUT2D eigenvalue weighted by atomic mass is 15.3. The van der Waals surface area contributed by atoms with Crippen LogP contribution in [0.2, 0.25) is 0 Å². The average Bonchev–Trinajstić information content (AvgIpc) is 3.13. The van der Waals surface area contributed by atoms with Crippen LogP contribution in [0.25, 0.3) is 0 Å². The van der Waals surface area contributed by atoms with Gasteiger partial charge >= 0.3 is 0 Å². The summed E-state index contributed by atoms with van der Waals surface area (Å²) >= 11 is 0. The second-order valence-corrected chi connectivity index (χ2v) is 6.24. The number of anilines is 1. The van der Waals surface area contributed by atoms with Crippen LogP contribution in [-0.2, 0) is 13.0 Å². The SMILES string of the molecule is CCNC(=NCC(C)N(C)c1ccccc1)NCCn1cnnc1CC. The van der Waals surface area contributed by atoms with E-state index in [1.54, 1.807) is 6.33 Å². The number of nitrogens with zero attached hydrogens (tertiary/aromatic N) is 5. The van der Waals surface area contributed by atoms with Crippen molar-refractivity contribution in [3.63, 3.8) is 0 Å². The molecule has 0 aliphatic heterocycles. The Bertz CT molecular complexity index is 666. The maximum absolute atomic E-state index is 4.73. The minimum absolute atomic E-state index is 0.303. The predicted molar refractivity (Wildman–Crippen MR) is 108 cm³/mol. The first-order chi connectivity index (χ1) is 12.7. The molecule has 0 saturated carbocycles. The minimum Gasteiger partial charge on any atom is -0.370 e. The van der Waals surface area contributed by atoms with Crippen LogP contribution >= 0.6 is 0 Å². The van der Waals surface area contributed by atoms with Crippen molar-refractivity contribution in [3.8, 4) is 0 Å². The molecule has 26 heavy (non-hydrogen) atoms. The van der Waals surface area contributed by atoms with Crippen molar-refractivity contribution < 1.29 is 0 Å².